The Morgan fingerprint density at radius 2 is 1.89 bits per heavy atom. The van der Waals surface area contributed by atoms with Gasteiger partial charge in [-0.2, -0.15) is 0 Å². The van der Waals surface area contributed by atoms with Crippen molar-refractivity contribution < 1.29 is 9.90 Å². The van der Waals surface area contributed by atoms with Crippen LogP contribution >= 0.6 is 0 Å². The summed E-state index contributed by atoms with van der Waals surface area (Å²) < 4.78 is 0. The van der Waals surface area contributed by atoms with Gasteiger partial charge in [-0.15, -0.1) is 0 Å². The van der Waals surface area contributed by atoms with E-state index in [1.807, 2.05) is 38.1 Å². The highest BCUT2D eigenvalue weighted by Gasteiger charge is 2.18. The van der Waals surface area contributed by atoms with E-state index >= 15 is 0 Å². The Kier molecular flexibility index (Phi) is 6.53. The number of amides is 1. The second-order valence-electron chi connectivity index (χ2n) is 4.81. The average Bonchev–Trinajstić information content (AvgIpc) is 2.39. The first kappa shape index (κ1) is 15.7. The minimum absolute atomic E-state index is 0.00327. The Balaban J connectivity index is 2.49. The molecule has 1 amide bonds. The molecule has 2 unspecified atom stereocenters. The van der Waals surface area contributed by atoms with Gasteiger partial charge < -0.3 is 15.7 Å². The van der Waals surface area contributed by atoms with E-state index in [9.17, 15) is 9.90 Å². The summed E-state index contributed by atoms with van der Waals surface area (Å²) in [4.78, 5) is 10.8. The van der Waals surface area contributed by atoms with E-state index in [1.165, 1.54) is 12.5 Å². The third kappa shape index (κ3) is 5.41. The lowest BCUT2D eigenvalue weighted by atomic mass is 9.99. The number of nitrogens with one attached hydrogen (secondary N) is 2. The Labute approximate surface area is 115 Å². The molecule has 0 heterocycles. The van der Waals surface area contributed by atoms with Crippen molar-refractivity contribution in [1.82, 2.24) is 10.6 Å². The van der Waals surface area contributed by atoms with Crippen molar-refractivity contribution in [3.05, 3.63) is 35.4 Å². The first-order valence-corrected chi connectivity index (χ1v) is 6.77. The predicted octanol–water partition coefficient (Wildman–Crippen LogP) is 1.53. The normalized spacial score (nSPS) is 13.9. The molecule has 3 N–H and O–H groups in total. The highest BCUT2D eigenvalue weighted by Crippen LogP contribution is 2.19. The number of benzene rings is 1. The van der Waals surface area contributed by atoms with Crippen LogP contribution in [0.1, 0.15) is 37.5 Å². The number of rotatable bonds is 7. The minimum atomic E-state index is -0.525. The zero-order valence-electron chi connectivity index (χ0n) is 11.9. The van der Waals surface area contributed by atoms with E-state index in [0.717, 1.165) is 12.0 Å². The Morgan fingerprint density at radius 1 is 1.26 bits per heavy atom. The Morgan fingerprint density at radius 3 is 2.42 bits per heavy atom. The van der Waals surface area contributed by atoms with Crippen molar-refractivity contribution in [2.24, 2.45) is 0 Å². The van der Waals surface area contributed by atoms with Crippen LogP contribution in [0.5, 0.6) is 0 Å². The fourth-order valence-corrected chi connectivity index (χ4v) is 1.97. The lowest BCUT2D eigenvalue weighted by Crippen LogP contribution is -2.39. The van der Waals surface area contributed by atoms with Gasteiger partial charge in [0.2, 0.25) is 5.91 Å². The SMILES string of the molecule is CCC(NCCNC(C)=O)C(O)c1ccc(C)cc1. The Hall–Kier alpha value is -1.39. The minimum Gasteiger partial charge on any atom is -0.387 e. The van der Waals surface area contributed by atoms with Crippen LogP contribution in [0.25, 0.3) is 0 Å². The summed E-state index contributed by atoms with van der Waals surface area (Å²) in [6.07, 6.45) is 0.303. The third-order valence-electron chi connectivity index (χ3n) is 3.15. The van der Waals surface area contributed by atoms with Gasteiger partial charge in [0.25, 0.3) is 0 Å². The summed E-state index contributed by atoms with van der Waals surface area (Å²) in [7, 11) is 0. The fourth-order valence-electron chi connectivity index (χ4n) is 1.97. The molecule has 0 saturated carbocycles. The summed E-state index contributed by atoms with van der Waals surface area (Å²) >= 11 is 0. The average molecular weight is 264 g/mol. The molecule has 0 aliphatic heterocycles. The maximum Gasteiger partial charge on any atom is 0.216 e. The van der Waals surface area contributed by atoms with E-state index < -0.39 is 6.10 Å². The first-order valence-electron chi connectivity index (χ1n) is 6.77. The van der Waals surface area contributed by atoms with Crippen molar-refractivity contribution in [3.63, 3.8) is 0 Å². The molecule has 0 spiro atoms. The molecular weight excluding hydrogens is 240 g/mol. The van der Waals surface area contributed by atoms with E-state index in [0.29, 0.717) is 13.1 Å². The van der Waals surface area contributed by atoms with Crippen LogP contribution in [0, 0.1) is 6.92 Å². The first-order chi connectivity index (χ1) is 9.04. The highest BCUT2D eigenvalue weighted by atomic mass is 16.3. The summed E-state index contributed by atoms with van der Waals surface area (Å²) in [6.45, 7) is 6.79. The maximum atomic E-state index is 10.8. The van der Waals surface area contributed by atoms with Crippen LogP contribution in [-0.4, -0.2) is 30.1 Å². The van der Waals surface area contributed by atoms with Crippen molar-refractivity contribution in [3.8, 4) is 0 Å². The van der Waals surface area contributed by atoms with Crippen LogP contribution in [-0.2, 0) is 4.79 Å². The number of carbonyl (C=O) groups is 1. The fraction of sp³-hybridized carbons (Fsp3) is 0.533. The molecule has 0 aromatic heterocycles. The van der Waals surface area contributed by atoms with Crippen molar-refractivity contribution in [2.75, 3.05) is 13.1 Å². The van der Waals surface area contributed by atoms with E-state index in [-0.39, 0.29) is 11.9 Å². The van der Waals surface area contributed by atoms with E-state index in [4.69, 9.17) is 0 Å². The number of aliphatic hydroxyl groups is 1. The second kappa shape index (κ2) is 7.92. The van der Waals surface area contributed by atoms with Crippen molar-refractivity contribution in [2.45, 2.75) is 39.3 Å². The quantitative estimate of drug-likeness (QED) is 0.655. The monoisotopic (exact) mass is 264 g/mol. The molecule has 0 aliphatic carbocycles. The lowest BCUT2D eigenvalue weighted by molar-refractivity contribution is -0.118. The van der Waals surface area contributed by atoms with E-state index in [2.05, 4.69) is 10.6 Å². The van der Waals surface area contributed by atoms with Gasteiger partial charge in [-0.3, -0.25) is 4.79 Å². The molecule has 1 aromatic carbocycles. The second-order valence-corrected chi connectivity index (χ2v) is 4.81. The van der Waals surface area contributed by atoms with Gasteiger partial charge in [0.15, 0.2) is 0 Å². The smallest absolute Gasteiger partial charge is 0.216 e. The van der Waals surface area contributed by atoms with Gasteiger partial charge in [-0.1, -0.05) is 36.8 Å². The number of aliphatic hydroxyl groups excluding tert-OH is 1. The Bertz CT molecular complexity index is 390. The lowest BCUT2D eigenvalue weighted by Gasteiger charge is -2.23. The summed E-state index contributed by atoms with van der Waals surface area (Å²) in [5.74, 6) is -0.0334. The van der Waals surface area contributed by atoms with Gasteiger partial charge in [0, 0.05) is 26.1 Å². The number of carbonyl (C=O) groups excluding carboxylic acids is 1. The zero-order chi connectivity index (χ0) is 14.3. The predicted molar refractivity (Wildman–Crippen MR) is 76.9 cm³/mol. The molecule has 106 valence electrons. The molecule has 4 heteroatoms. The van der Waals surface area contributed by atoms with Crippen LogP contribution in [0.15, 0.2) is 24.3 Å². The molecule has 0 fully saturated rings. The molecule has 0 saturated heterocycles. The van der Waals surface area contributed by atoms with E-state index in [1.54, 1.807) is 0 Å². The molecule has 0 radical (unpaired) electrons. The summed E-state index contributed by atoms with van der Waals surface area (Å²) in [5, 5.41) is 16.3. The van der Waals surface area contributed by atoms with Gasteiger partial charge in [0.1, 0.15) is 0 Å². The maximum absolute atomic E-state index is 10.8. The number of hydrogen-bond acceptors (Lipinski definition) is 3. The highest BCUT2D eigenvalue weighted by molar-refractivity contribution is 5.72. The van der Waals surface area contributed by atoms with Gasteiger partial charge in [0.05, 0.1) is 6.10 Å². The molecule has 1 rings (SSSR count). The standard InChI is InChI=1S/C15H24N2O2/c1-4-14(17-10-9-16-12(3)18)15(19)13-7-5-11(2)6-8-13/h5-8,14-15,17,19H,4,9-10H2,1-3H3,(H,16,18). The molecular formula is C15H24N2O2. The molecule has 1 aromatic rings. The topological polar surface area (TPSA) is 61.4 Å². The largest absolute Gasteiger partial charge is 0.387 e. The van der Waals surface area contributed by atoms with Crippen molar-refractivity contribution in [1.29, 1.82) is 0 Å². The molecule has 0 bridgehead atoms. The third-order valence-corrected chi connectivity index (χ3v) is 3.15. The molecule has 0 aliphatic rings. The van der Waals surface area contributed by atoms with Crippen LogP contribution in [0.4, 0.5) is 0 Å². The van der Waals surface area contributed by atoms with Crippen LogP contribution < -0.4 is 10.6 Å². The van der Waals surface area contributed by atoms with Gasteiger partial charge >= 0.3 is 0 Å². The number of hydrogen-bond donors (Lipinski definition) is 3. The van der Waals surface area contributed by atoms with Crippen LogP contribution in [0.3, 0.4) is 0 Å². The van der Waals surface area contributed by atoms with Crippen molar-refractivity contribution >= 4 is 5.91 Å². The van der Waals surface area contributed by atoms with Crippen LogP contribution in [0.2, 0.25) is 0 Å². The van der Waals surface area contributed by atoms with Gasteiger partial charge in [-0.05, 0) is 18.9 Å². The molecule has 2 atom stereocenters. The number of aryl methyl sites for hydroxylation is 1. The molecule has 19 heavy (non-hydrogen) atoms. The molecule has 4 nitrogen and oxygen atoms in total. The zero-order valence-corrected chi connectivity index (χ0v) is 11.9. The summed E-state index contributed by atoms with van der Waals surface area (Å²) in [6, 6.07) is 7.91. The summed E-state index contributed by atoms with van der Waals surface area (Å²) in [5.41, 5.74) is 2.10. The van der Waals surface area contributed by atoms with Gasteiger partial charge in [-0.25, -0.2) is 0 Å².